The van der Waals surface area contributed by atoms with Gasteiger partial charge in [-0.2, -0.15) is 4.31 Å². The van der Waals surface area contributed by atoms with E-state index < -0.39 is 10.0 Å². The third-order valence-corrected chi connectivity index (χ3v) is 6.12. The summed E-state index contributed by atoms with van der Waals surface area (Å²) in [7, 11) is -3.17. The highest BCUT2D eigenvalue weighted by atomic mass is 32.2. The van der Waals surface area contributed by atoms with Crippen molar-refractivity contribution >= 4 is 32.4 Å². The Morgan fingerprint density at radius 1 is 1.48 bits per heavy atom. The summed E-state index contributed by atoms with van der Waals surface area (Å²) in [6, 6.07) is 0. The Morgan fingerprint density at radius 3 is 2.81 bits per heavy atom. The van der Waals surface area contributed by atoms with Gasteiger partial charge in [-0.15, -0.1) is 11.3 Å². The first-order chi connectivity index (χ1) is 9.81. The molecule has 2 heterocycles. The lowest BCUT2D eigenvalue weighted by Crippen LogP contribution is -2.36. The molecule has 0 atom stereocenters. The van der Waals surface area contributed by atoms with Crippen molar-refractivity contribution in [2.45, 2.75) is 40.2 Å². The van der Waals surface area contributed by atoms with Gasteiger partial charge in [-0.3, -0.25) is 4.79 Å². The molecule has 1 amide bonds. The molecule has 0 bridgehead atoms. The van der Waals surface area contributed by atoms with E-state index in [4.69, 9.17) is 0 Å². The molecular formula is C13H21N3O3S2. The number of amides is 1. The van der Waals surface area contributed by atoms with Gasteiger partial charge < -0.3 is 5.32 Å². The number of aromatic nitrogens is 1. The van der Waals surface area contributed by atoms with Crippen LogP contribution in [0.1, 0.15) is 37.8 Å². The van der Waals surface area contributed by atoms with E-state index in [1.807, 2.05) is 13.8 Å². The second-order valence-corrected chi connectivity index (χ2v) is 8.86. The number of nitrogens with zero attached hydrogens (tertiary/aromatic N) is 2. The van der Waals surface area contributed by atoms with E-state index >= 15 is 0 Å². The van der Waals surface area contributed by atoms with Gasteiger partial charge in [0, 0.05) is 30.8 Å². The number of carbonyl (C=O) groups is 1. The van der Waals surface area contributed by atoms with Gasteiger partial charge in [-0.25, -0.2) is 13.4 Å². The topological polar surface area (TPSA) is 79.4 Å². The van der Waals surface area contributed by atoms with Gasteiger partial charge in [0.25, 0.3) is 0 Å². The molecule has 1 aliphatic rings. The molecule has 6 nitrogen and oxygen atoms in total. The number of anilines is 1. The molecule has 2 rings (SSSR count). The van der Waals surface area contributed by atoms with E-state index in [1.165, 1.54) is 15.6 Å². The molecule has 0 aliphatic carbocycles. The van der Waals surface area contributed by atoms with Crippen LogP contribution in [0.2, 0.25) is 0 Å². The monoisotopic (exact) mass is 331 g/mol. The van der Waals surface area contributed by atoms with E-state index in [1.54, 1.807) is 6.92 Å². The zero-order valence-corrected chi connectivity index (χ0v) is 14.2. The van der Waals surface area contributed by atoms with E-state index in [2.05, 4.69) is 10.3 Å². The van der Waals surface area contributed by atoms with Gasteiger partial charge in [-0.05, 0) is 12.8 Å². The maximum absolute atomic E-state index is 11.9. The van der Waals surface area contributed by atoms with Crippen LogP contribution in [0.4, 0.5) is 5.13 Å². The fraction of sp³-hybridized carbons (Fsp3) is 0.692. The molecule has 1 aromatic heterocycles. The van der Waals surface area contributed by atoms with Gasteiger partial charge in [0.15, 0.2) is 5.13 Å². The summed E-state index contributed by atoms with van der Waals surface area (Å²) in [5.41, 5.74) is 0.905. The quantitative estimate of drug-likeness (QED) is 0.893. The number of hydrogen-bond acceptors (Lipinski definition) is 5. The third kappa shape index (κ3) is 4.02. The van der Waals surface area contributed by atoms with Crippen molar-refractivity contribution in [1.29, 1.82) is 0 Å². The molecule has 0 saturated carbocycles. The minimum absolute atomic E-state index is 0.0471. The van der Waals surface area contributed by atoms with Crippen molar-refractivity contribution < 1.29 is 13.2 Å². The lowest BCUT2D eigenvalue weighted by atomic mass is 10.1. The Kier molecular flexibility index (Phi) is 5.00. The van der Waals surface area contributed by atoms with Gasteiger partial charge in [0.1, 0.15) is 0 Å². The average Bonchev–Trinajstić information content (AvgIpc) is 2.78. The molecule has 0 aromatic carbocycles. The Balaban J connectivity index is 2.08. The summed E-state index contributed by atoms with van der Waals surface area (Å²) in [6.45, 7) is 6.45. The summed E-state index contributed by atoms with van der Waals surface area (Å²) in [5.74, 6) is 0.359. The maximum atomic E-state index is 11.9. The van der Waals surface area contributed by atoms with Crippen molar-refractivity contribution in [3.05, 3.63) is 10.6 Å². The molecule has 21 heavy (non-hydrogen) atoms. The Morgan fingerprint density at radius 2 is 2.19 bits per heavy atom. The van der Waals surface area contributed by atoms with Crippen molar-refractivity contribution in [3.63, 3.8) is 0 Å². The second-order valence-electron chi connectivity index (χ2n) is 5.52. The maximum Gasteiger partial charge on any atom is 0.226 e. The number of fused-ring (bicyclic) bond motifs is 1. The Hall–Kier alpha value is -0.990. The molecule has 118 valence electrons. The van der Waals surface area contributed by atoms with Crippen LogP contribution in [0.5, 0.6) is 0 Å². The van der Waals surface area contributed by atoms with Crippen LogP contribution in [-0.2, 0) is 27.8 Å². The minimum atomic E-state index is -3.17. The highest BCUT2D eigenvalue weighted by Gasteiger charge is 2.28. The van der Waals surface area contributed by atoms with Crippen molar-refractivity contribution in [1.82, 2.24) is 9.29 Å². The number of sulfonamides is 1. The van der Waals surface area contributed by atoms with E-state index in [9.17, 15) is 13.2 Å². The lowest BCUT2D eigenvalue weighted by Gasteiger charge is -2.24. The molecule has 1 N–H and O–H groups in total. The highest BCUT2D eigenvalue weighted by molar-refractivity contribution is 7.89. The van der Waals surface area contributed by atoms with Crippen LogP contribution >= 0.6 is 11.3 Å². The van der Waals surface area contributed by atoms with Gasteiger partial charge in [0.05, 0.1) is 11.4 Å². The van der Waals surface area contributed by atoms with E-state index in [0.717, 1.165) is 10.6 Å². The molecule has 0 radical (unpaired) electrons. The van der Waals surface area contributed by atoms with Crippen LogP contribution in [0.3, 0.4) is 0 Å². The number of carbonyl (C=O) groups excluding carboxylic acids is 1. The predicted octanol–water partition coefficient (Wildman–Crippen LogP) is 1.84. The van der Waals surface area contributed by atoms with Gasteiger partial charge in [-0.1, -0.05) is 13.8 Å². The fourth-order valence-corrected chi connectivity index (χ4v) is 4.37. The highest BCUT2D eigenvalue weighted by Crippen LogP contribution is 2.29. The van der Waals surface area contributed by atoms with Gasteiger partial charge in [0.2, 0.25) is 15.9 Å². The minimum Gasteiger partial charge on any atom is -0.302 e. The molecule has 0 saturated heterocycles. The first kappa shape index (κ1) is 16.4. The van der Waals surface area contributed by atoms with Gasteiger partial charge >= 0.3 is 0 Å². The largest absolute Gasteiger partial charge is 0.302 e. The predicted molar refractivity (Wildman–Crippen MR) is 83.8 cm³/mol. The van der Waals surface area contributed by atoms with Crippen LogP contribution < -0.4 is 5.32 Å². The molecule has 1 aromatic rings. The van der Waals surface area contributed by atoms with Crippen LogP contribution in [0, 0.1) is 5.92 Å². The van der Waals surface area contributed by atoms with Crippen LogP contribution in [0.25, 0.3) is 0 Å². The normalized spacial score (nSPS) is 16.0. The third-order valence-electron chi connectivity index (χ3n) is 3.29. The number of hydrogen-bond donors (Lipinski definition) is 1. The summed E-state index contributed by atoms with van der Waals surface area (Å²) in [4.78, 5) is 17.1. The van der Waals surface area contributed by atoms with Crippen molar-refractivity contribution in [2.75, 3.05) is 17.6 Å². The SMILES string of the molecule is CCS(=O)(=O)N1CCc2nc(NC(=O)CC(C)C)sc2C1. The summed E-state index contributed by atoms with van der Waals surface area (Å²) in [5, 5.41) is 3.37. The zero-order valence-electron chi connectivity index (χ0n) is 12.5. The first-order valence-corrected chi connectivity index (χ1v) is 9.50. The van der Waals surface area contributed by atoms with E-state index in [-0.39, 0.29) is 11.7 Å². The fourth-order valence-electron chi connectivity index (χ4n) is 2.19. The molecule has 8 heteroatoms. The van der Waals surface area contributed by atoms with Crippen molar-refractivity contribution in [2.24, 2.45) is 5.92 Å². The molecule has 0 spiro atoms. The average molecular weight is 331 g/mol. The molecule has 1 aliphatic heterocycles. The summed E-state index contributed by atoms with van der Waals surface area (Å²) >= 11 is 1.37. The summed E-state index contributed by atoms with van der Waals surface area (Å²) < 4.78 is 25.3. The Bertz CT molecular complexity index is 623. The number of nitrogens with one attached hydrogen (secondary N) is 1. The number of rotatable bonds is 5. The lowest BCUT2D eigenvalue weighted by molar-refractivity contribution is -0.116. The first-order valence-electron chi connectivity index (χ1n) is 7.08. The molecule has 0 fully saturated rings. The van der Waals surface area contributed by atoms with Crippen LogP contribution in [0.15, 0.2) is 0 Å². The van der Waals surface area contributed by atoms with Crippen molar-refractivity contribution in [3.8, 4) is 0 Å². The standard InChI is InChI=1S/C13H21N3O3S2/c1-4-21(18,19)16-6-5-10-11(8-16)20-13(14-10)15-12(17)7-9(2)3/h9H,4-8H2,1-3H3,(H,14,15,17). The summed E-state index contributed by atoms with van der Waals surface area (Å²) in [6.07, 6.45) is 1.06. The van der Waals surface area contributed by atoms with E-state index in [0.29, 0.717) is 37.0 Å². The Labute approximate surface area is 129 Å². The molecule has 0 unspecified atom stereocenters. The van der Waals surface area contributed by atoms with Crippen LogP contribution in [-0.4, -0.2) is 35.9 Å². The number of thiazole rings is 1. The zero-order chi connectivity index (χ0) is 15.6. The molecular weight excluding hydrogens is 310 g/mol. The second kappa shape index (κ2) is 6.41. The smallest absolute Gasteiger partial charge is 0.226 e.